The lowest BCUT2D eigenvalue weighted by Gasteiger charge is -2.24. The molecule has 0 spiro atoms. The molecule has 1 aliphatic rings. The molecule has 1 aliphatic heterocycles. The van der Waals surface area contributed by atoms with Gasteiger partial charge in [0.15, 0.2) is 0 Å². The molecule has 0 aromatic rings. The molecule has 0 aromatic heterocycles. The number of methoxy groups -OCH3 is 1. The third-order valence-corrected chi connectivity index (χ3v) is 5.89. The van der Waals surface area contributed by atoms with Crippen molar-refractivity contribution in [2.24, 2.45) is 0 Å². The van der Waals surface area contributed by atoms with Gasteiger partial charge < -0.3 is 9.84 Å². The second-order valence-electron chi connectivity index (χ2n) is 3.78. The predicted octanol–water partition coefficient (Wildman–Crippen LogP) is 0.201. The number of nitrogens with zero attached hydrogens (tertiary/aromatic N) is 1. The maximum atomic E-state index is 12.0. The zero-order chi connectivity index (χ0) is 13.1. The monoisotopic (exact) mass is 283 g/mol. The Morgan fingerprint density at radius 1 is 1.59 bits per heavy atom. The number of hydrogen-bond donors (Lipinski definition) is 1. The molecule has 0 aliphatic carbocycles. The first kappa shape index (κ1) is 14.7. The molecule has 1 fully saturated rings. The fourth-order valence-corrected chi connectivity index (χ4v) is 5.15. The van der Waals surface area contributed by atoms with E-state index in [4.69, 9.17) is 9.84 Å². The second-order valence-corrected chi connectivity index (χ2v) is 7.12. The maximum absolute atomic E-state index is 12.0. The number of carboxylic acid groups (broad SMARTS) is 1. The molecule has 1 heterocycles. The summed E-state index contributed by atoms with van der Waals surface area (Å²) < 4.78 is 30.0. The van der Waals surface area contributed by atoms with Gasteiger partial charge in [0.2, 0.25) is 10.0 Å². The van der Waals surface area contributed by atoms with E-state index in [0.29, 0.717) is 18.8 Å². The van der Waals surface area contributed by atoms with Crippen molar-refractivity contribution >= 4 is 27.8 Å². The zero-order valence-corrected chi connectivity index (χ0v) is 11.5. The summed E-state index contributed by atoms with van der Waals surface area (Å²) in [5.74, 6) is -0.854. The molecular weight excluding hydrogens is 266 g/mol. The standard InChI is InChI=1S/C9H17NO5S2/c1-7-10(8(6-16-7)9(11)12)17(13,14)5-3-4-15-2/h7-8H,3-6H2,1-2H3,(H,11,12). The van der Waals surface area contributed by atoms with Crippen LogP contribution in [0.2, 0.25) is 0 Å². The van der Waals surface area contributed by atoms with E-state index in [1.165, 1.54) is 18.9 Å². The van der Waals surface area contributed by atoms with Crippen molar-refractivity contribution in [3.05, 3.63) is 0 Å². The van der Waals surface area contributed by atoms with Crippen LogP contribution in [0.1, 0.15) is 13.3 Å². The van der Waals surface area contributed by atoms with Crippen molar-refractivity contribution in [1.82, 2.24) is 4.31 Å². The first-order valence-corrected chi connectivity index (χ1v) is 7.90. The minimum atomic E-state index is -3.52. The van der Waals surface area contributed by atoms with Crippen LogP contribution in [0.15, 0.2) is 0 Å². The molecule has 2 atom stereocenters. The summed E-state index contributed by atoms with van der Waals surface area (Å²) in [6, 6.07) is -0.942. The Labute approximate surface area is 105 Å². The molecule has 1 N–H and O–H groups in total. The number of sulfonamides is 1. The van der Waals surface area contributed by atoms with Crippen LogP contribution < -0.4 is 0 Å². The van der Waals surface area contributed by atoms with Crippen molar-refractivity contribution < 1.29 is 23.1 Å². The fraction of sp³-hybridized carbons (Fsp3) is 0.889. The van der Waals surface area contributed by atoms with Crippen LogP contribution in [0.5, 0.6) is 0 Å². The Morgan fingerprint density at radius 2 is 2.24 bits per heavy atom. The molecule has 0 aromatic carbocycles. The van der Waals surface area contributed by atoms with E-state index in [-0.39, 0.29) is 11.1 Å². The molecule has 0 bridgehead atoms. The summed E-state index contributed by atoms with van der Waals surface area (Å²) in [6.45, 7) is 2.06. The average Bonchev–Trinajstić information content (AvgIpc) is 2.61. The van der Waals surface area contributed by atoms with Gasteiger partial charge in [-0.15, -0.1) is 11.8 Å². The predicted molar refractivity (Wildman–Crippen MR) is 65.5 cm³/mol. The highest BCUT2D eigenvalue weighted by Gasteiger charge is 2.43. The first-order valence-electron chi connectivity index (χ1n) is 5.24. The number of carbonyl (C=O) groups is 1. The van der Waals surface area contributed by atoms with Crippen LogP contribution in [0.25, 0.3) is 0 Å². The average molecular weight is 283 g/mol. The lowest BCUT2D eigenvalue weighted by Crippen LogP contribution is -2.45. The molecule has 6 nitrogen and oxygen atoms in total. The molecule has 0 radical (unpaired) electrons. The fourth-order valence-electron chi connectivity index (χ4n) is 1.72. The lowest BCUT2D eigenvalue weighted by atomic mass is 10.3. The summed E-state index contributed by atoms with van der Waals surface area (Å²) in [5, 5.41) is 8.68. The van der Waals surface area contributed by atoms with Gasteiger partial charge in [-0.1, -0.05) is 0 Å². The van der Waals surface area contributed by atoms with Gasteiger partial charge in [-0.05, 0) is 13.3 Å². The summed E-state index contributed by atoms with van der Waals surface area (Å²) in [5.41, 5.74) is 0. The Bertz CT molecular complexity index is 370. The molecule has 1 rings (SSSR count). The molecule has 17 heavy (non-hydrogen) atoms. The Kier molecular flexibility index (Phi) is 5.23. The quantitative estimate of drug-likeness (QED) is 0.701. The van der Waals surface area contributed by atoms with Gasteiger partial charge in [0.05, 0.1) is 11.1 Å². The molecule has 0 saturated carbocycles. The Balaban J connectivity index is 2.77. The van der Waals surface area contributed by atoms with Crippen molar-refractivity contribution in [3.63, 3.8) is 0 Å². The Morgan fingerprint density at radius 3 is 2.76 bits per heavy atom. The highest BCUT2D eigenvalue weighted by Crippen LogP contribution is 2.31. The van der Waals surface area contributed by atoms with E-state index in [1.807, 2.05) is 0 Å². The van der Waals surface area contributed by atoms with Gasteiger partial charge >= 0.3 is 5.97 Å². The van der Waals surface area contributed by atoms with Crippen molar-refractivity contribution in [1.29, 1.82) is 0 Å². The van der Waals surface area contributed by atoms with E-state index >= 15 is 0 Å². The van der Waals surface area contributed by atoms with Gasteiger partial charge in [-0.3, -0.25) is 4.79 Å². The summed E-state index contributed by atoms with van der Waals surface area (Å²) in [6.07, 6.45) is 0.374. The van der Waals surface area contributed by atoms with E-state index in [2.05, 4.69) is 0 Å². The van der Waals surface area contributed by atoms with E-state index in [1.54, 1.807) is 6.92 Å². The van der Waals surface area contributed by atoms with E-state index in [9.17, 15) is 13.2 Å². The number of carboxylic acids is 1. The molecule has 8 heteroatoms. The van der Waals surface area contributed by atoms with Gasteiger partial charge in [0.1, 0.15) is 6.04 Å². The van der Waals surface area contributed by atoms with E-state index in [0.717, 1.165) is 4.31 Å². The van der Waals surface area contributed by atoms with Gasteiger partial charge in [-0.25, -0.2) is 8.42 Å². The summed E-state index contributed by atoms with van der Waals surface area (Å²) in [4.78, 5) is 11.0. The van der Waals surface area contributed by atoms with Crippen LogP contribution in [-0.2, 0) is 19.6 Å². The third kappa shape index (κ3) is 3.57. The van der Waals surface area contributed by atoms with Crippen LogP contribution in [0.3, 0.4) is 0 Å². The lowest BCUT2D eigenvalue weighted by molar-refractivity contribution is -0.140. The van der Waals surface area contributed by atoms with Gasteiger partial charge in [0, 0.05) is 19.5 Å². The van der Waals surface area contributed by atoms with Crippen molar-refractivity contribution in [2.45, 2.75) is 24.8 Å². The summed E-state index contributed by atoms with van der Waals surface area (Å²) in [7, 11) is -2.02. The van der Waals surface area contributed by atoms with Gasteiger partial charge in [0.25, 0.3) is 0 Å². The largest absolute Gasteiger partial charge is 0.480 e. The van der Waals surface area contributed by atoms with Crippen LogP contribution in [0.4, 0.5) is 0 Å². The highest BCUT2D eigenvalue weighted by atomic mass is 32.2. The molecule has 2 unspecified atom stereocenters. The molecule has 0 amide bonds. The van der Waals surface area contributed by atoms with Gasteiger partial charge in [-0.2, -0.15) is 4.31 Å². The van der Waals surface area contributed by atoms with E-state index < -0.39 is 22.0 Å². The number of thioether (sulfide) groups is 1. The van der Waals surface area contributed by atoms with Crippen LogP contribution in [0, 0.1) is 0 Å². The first-order chi connectivity index (χ1) is 7.90. The highest BCUT2D eigenvalue weighted by molar-refractivity contribution is 8.01. The number of aliphatic carboxylic acids is 1. The molecule has 100 valence electrons. The molecular formula is C9H17NO5S2. The second kappa shape index (κ2) is 6.03. The van der Waals surface area contributed by atoms with Crippen molar-refractivity contribution in [2.75, 3.05) is 25.2 Å². The number of hydrogen-bond acceptors (Lipinski definition) is 5. The maximum Gasteiger partial charge on any atom is 0.322 e. The number of ether oxygens (including phenoxy) is 1. The smallest absolute Gasteiger partial charge is 0.322 e. The minimum Gasteiger partial charge on any atom is -0.480 e. The number of rotatable bonds is 6. The van der Waals surface area contributed by atoms with Crippen LogP contribution in [-0.4, -0.2) is 60.4 Å². The Hall–Kier alpha value is -0.310. The minimum absolute atomic E-state index is 0.0739. The van der Waals surface area contributed by atoms with Crippen molar-refractivity contribution in [3.8, 4) is 0 Å². The van der Waals surface area contributed by atoms with Crippen LogP contribution >= 0.6 is 11.8 Å². The molecule has 1 saturated heterocycles. The third-order valence-electron chi connectivity index (χ3n) is 2.52. The SMILES string of the molecule is COCCCS(=O)(=O)N1C(C)SCC1C(=O)O. The summed E-state index contributed by atoms with van der Waals surface area (Å²) >= 11 is 1.34. The zero-order valence-electron chi connectivity index (χ0n) is 9.83. The topological polar surface area (TPSA) is 83.9 Å². The normalized spacial score (nSPS) is 26.2.